The maximum atomic E-state index is 8.55. The van der Waals surface area contributed by atoms with E-state index in [9.17, 15) is 0 Å². The average Bonchev–Trinajstić information content (AvgIpc) is 3.30. The van der Waals surface area contributed by atoms with Crippen LogP contribution in [0.3, 0.4) is 0 Å². The maximum Gasteiger partial charge on any atom is 0.0840 e. The fourth-order valence-corrected chi connectivity index (χ4v) is 3.51. The normalized spacial score (nSPS) is 16.6. The third-order valence-electron chi connectivity index (χ3n) is 5.29. The van der Waals surface area contributed by atoms with E-state index in [0.717, 1.165) is 41.0 Å². The molecule has 1 saturated carbocycles. The predicted octanol–water partition coefficient (Wildman–Crippen LogP) is 4.29. The molecule has 0 spiro atoms. The molecule has 0 radical (unpaired) electrons. The van der Waals surface area contributed by atoms with Crippen LogP contribution in [0.25, 0.3) is 11.1 Å². The molecular formula is C22H26N4. The Hall–Kier alpha value is -2.62. The van der Waals surface area contributed by atoms with Gasteiger partial charge in [-0.15, -0.1) is 0 Å². The number of aryl methyl sites for hydroxylation is 1. The van der Waals surface area contributed by atoms with Crippen molar-refractivity contribution in [3.8, 4) is 11.1 Å². The van der Waals surface area contributed by atoms with E-state index in [1.807, 2.05) is 12.4 Å². The van der Waals surface area contributed by atoms with Gasteiger partial charge in [-0.2, -0.15) is 0 Å². The Bertz CT molecular complexity index is 845. The standard InChI is InChI=1S/C22H26N4/c1-15-5-6-17(12-21(15)22(23)16(2)25-19-7-8-19)18-11-20(14-24-13-18)26-9-3-4-10-26/h5-6,11-14,19,23,25H,2-4,7-10H2,1H3. The van der Waals surface area contributed by atoms with Crippen molar-refractivity contribution in [1.82, 2.24) is 10.3 Å². The molecule has 0 atom stereocenters. The molecule has 134 valence electrons. The summed E-state index contributed by atoms with van der Waals surface area (Å²) in [6.07, 6.45) is 8.74. The van der Waals surface area contributed by atoms with Crippen LogP contribution in [0, 0.1) is 12.3 Å². The van der Waals surface area contributed by atoms with E-state index in [0.29, 0.717) is 11.8 Å². The summed E-state index contributed by atoms with van der Waals surface area (Å²) >= 11 is 0. The second kappa shape index (κ2) is 6.94. The van der Waals surface area contributed by atoms with Gasteiger partial charge in [0, 0.05) is 36.5 Å². The molecule has 1 aliphatic heterocycles. The van der Waals surface area contributed by atoms with Gasteiger partial charge in [-0.3, -0.25) is 10.4 Å². The third kappa shape index (κ3) is 3.50. The van der Waals surface area contributed by atoms with Crippen LogP contribution in [0.1, 0.15) is 36.8 Å². The Balaban J connectivity index is 1.62. The van der Waals surface area contributed by atoms with Crippen molar-refractivity contribution in [2.45, 2.75) is 38.6 Å². The van der Waals surface area contributed by atoms with Crippen LogP contribution in [-0.2, 0) is 0 Å². The summed E-state index contributed by atoms with van der Waals surface area (Å²) in [7, 11) is 0. The SMILES string of the molecule is C=C(NC1CC1)C(=N)c1cc(-c2cncc(N3CCCC3)c2)ccc1C. The highest BCUT2D eigenvalue weighted by Gasteiger charge is 2.23. The van der Waals surface area contributed by atoms with E-state index < -0.39 is 0 Å². The van der Waals surface area contributed by atoms with Gasteiger partial charge in [0.15, 0.2) is 0 Å². The fraction of sp³-hybridized carbons (Fsp3) is 0.364. The number of rotatable bonds is 6. The van der Waals surface area contributed by atoms with Crippen molar-refractivity contribution in [1.29, 1.82) is 5.41 Å². The Morgan fingerprint density at radius 3 is 2.65 bits per heavy atom. The van der Waals surface area contributed by atoms with Gasteiger partial charge < -0.3 is 10.2 Å². The number of pyridine rings is 1. The lowest BCUT2D eigenvalue weighted by Crippen LogP contribution is -2.22. The minimum Gasteiger partial charge on any atom is -0.381 e. The van der Waals surface area contributed by atoms with E-state index in [1.165, 1.54) is 31.4 Å². The maximum absolute atomic E-state index is 8.55. The molecule has 0 bridgehead atoms. The van der Waals surface area contributed by atoms with Gasteiger partial charge in [0.2, 0.25) is 0 Å². The molecule has 2 N–H and O–H groups in total. The minimum atomic E-state index is 0.486. The number of allylic oxidation sites excluding steroid dienone is 1. The van der Waals surface area contributed by atoms with Gasteiger partial charge in [0.1, 0.15) is 0 Å². The quantitative estimate of drug-likeness (QED) is 0.767. The van der Waals surface area contributed by atoms with E-state index >= 15 is 0 Å². The first-order valence-corrected chi connectivity index (χ1v) is 9.47. The minimum absolute atomic E-state index is 0.486. The van der Waals surface area contributed by atoms with Gasteiger partial charge in [0.05, 0.1) is 23.3 Å². The zero-order valence-corrected chi connectivity index (χ0v) is 15.4. The van der Waals surface area contributed by atoms with Crippen LogP contribution in [0.5, 0.6) is 0 Å². The summed E-state index contributed by atoms with van der Waals surface area (Å²) < 4.78 is 0. The Labute approximate surface area is 155 Å². The van der Waals surface area contributed by atoms with E-state index in [4.69, 9.17) is 5.41 Å². The summed E-state index contributed by atoms with van der Waals surface area (Å²) in [6, 6.07) is 9.03. The predicted molar refractivity (Wildman–Crippen MR) is 108 cm³/mol. The number of hydrogen-bond acceptors (Lipinski definition) is 4. The van der Waals surface area contributed by atoms with Crippen molar-refractivity contribution >= 4 is 11.4 Å². The molecular weight excluding hydrogens is 320 g/mol. The highest BCUT2D eigenvalue weighted by Crippen LogP contribution is 2.28. The number of hydrogen-bond donors (Lipinski definition) is 2. The molecule has 4 rings (SSSR count). The first-order chi connectivity index (χ1) is 12.6. The summed E-state index contributed by atoms with van der Waals surface area (Å²) in [6.45, 7) is 8.34. The number of benzene rings is 1. The molecule has 4 nitrogen and oxygen atoms in total. The smallest absolute Gasteiger partial charge is 0.0840 e. The molecule has 2 heterocycles. The summed E-state index contributed by atoms with van der Waals surface area (Å²) in [4.78, 5) is 6.86. The topological polar surface area (TPSA) is 52.0 Å². The zero-order valence-electron chi connectivity index (χ0n) is 15.4. The molecule has 2 aliphatic rings. The Morgan fingerprint density at radius 1 is 1.15 bits per heavy atom. The molecule has 1 aromatic carbocycles. The second-order valence-corrected chi connectivity index (χ2v) is 7.43. The zero-order chi connectivity index (χ0) is 18.1. The number of aromatic nitrogens is 1. The van der Waals surface area contributed by atoms with Crippen LogP contribution in [-0.4, -0.2) is 29.8 Å². The molecule has 26 heavy (non-hydrogen) atoms. The van der Waals surface area contributed by atoms with Crippen LogP contribution in [0.15, 0.2) is 48.9 Å². The molecule has 1 aromatic heterocycles. The molecule has 0 amide bonds. The average molecular weight is 346 g/mol. The van der Waals surface area contributed by atoms with Crippen molar-refractivity contribution in [2.24, 2.45) is 0 Å². The van der Waals surface area contributed by atoms with Crippen LogP contribution in [0.4, 0.5) is 5.69 Å². The van der Waals surface area contributed by atoms with Crippen molar-refractivity contribution in [2.75, 3.05) is 18.0 Å². The molecule has 1 aliphatic carbocycles. The van der Waals surface area contributed by atoms with Crippen LogP contribution < -0.4 is 10.2 Å². The van der Waals surface area contributed by atoms with Crippen molar-refractivity contribution < 1.29 is 0 Å². The first-order valence-electron chi connectivity index (χ1n) is 9.47. The van der Waals surface area contributed by atoms with Gasteiger partial charge in [-0.1, -0.05) is 18.7 Å². The summed E-state index contributed by atoms with van der Waals surface area (Å²) in [5.74, 6) is 0. The number of nitrogens with one attached hydrogen (secondary N) is 2. The number of nitrogens with zero attached hydrogens (tertiary/aromatic N) is 2. The van der Waals surface area contributed by atoms with E-state index in [1.54, 1.807) is 0 Å². The lowest BCUT2D eigenvalue weighted by atomic mass is 9.96. The first kappa shape index (κ1) is 16.8. The third-order valence-corrected chi connectivity index (χ3v) is 5.29. The van der Waals surface area contributed by atoms with Gasteiger partial charge in [-0.05, 0) is 55.9 Å². The summed E-state index contributed by atoms with van der Waals surface area (Å²) in [5.41, 5.74) is 6.63. The van der Waals surface area contributed by atoms with Gasteiger partial charge in [0.25, 0.3) is 0 Å². The van der Waals surface area contributed by atoms with Crippen LogP contribution in [0.2, 0.25) is 0 Å². The number of anilines is 1. The largest absolute Gasteiger partial charge is 0.381 e. The fourth-order valence-electron chi connectivity index (χ4n) is 3.51. The van der Waals surface area contributed by atoms with E-state index in [-0.39, 0.29) is 0 Å². The highest BCUT2D eigenvalue weighted by molar-refractivity contribution is 6.11. The molecule has 4 heteroatoms. The lowest BCUT2D eigenvalue weighted by molar-refractivity contribution is 0.838. The molecule has 2 fully saturated rings. The van der Waals surface area contributed by atoms with Crippen molar-refractivity contribution in [3.63, 3.8) is 0 Å². The highest BCUT2D eigenvalue weighted by atomic mass is 15.1. The van der Waals surface area contributed by atoms with Crippen LogP contribution >= 0.6 is 0 Å². The van der Waals surface area contributed by atoms with Gasteiger partial charge >= 0.3 is 0 Å². The Kier molecular flexibility index (Phi) is 4.49. The van der Waals surface area contributed by atoms with E-state index in [2.05, 4.69) is 53.0 Å². The molecule has 0 unspecified atom stereocenters. The monoisotopic (exact) mass is 346 g/mol. The molecule has 1 saturated heterocycles. The van der Waals surface area contributed by atoms with Crippen molar-refractivity contribution in [3.05, 3.63) is 60.1 Å². The lowest BCUT2D eigenvalue weighted by Gasteiger charge is -2.18. The molecule has 2 aromatic rings. The van der Waals surface area contributed by atoms with Gasteiger partial charge in [-0.25, -0.2) is 0 Å². The second-order valence-electron chi connectivity index (χ2n) is 7.43. The summed E-state index contributed by atoms with van der Waals surface area (Å²) in [5, 5.41) is 11.9. The Morgan fingerprint density at radius 2 is 1.92 bits per heavy atom.